The van der Waals surface area contributed by atoms with Crippen molar-refractivity contribution in [2.24, 2.45) is 5.92 Å². The van der Waals surface area contributed by atoms with Crippen LogP contribution in [0.15, 0.2) is 24.3 Å². The van der Waals surface area contributed by atoms with Crippen LogP contribution >= 0.6 is 0 Å². The van der Waals surface area contributed by atoms with Crippen LogP contribution in [0.2, 0.25) is 0 Å². The molecule has 0 aromatic rings. The molecule has 0 bridgehead atoms. The molecule has 4 N–H and O–H groups in total. The maximum atomic E-state index is 12.4. The lowest BCUT2D eigenvalue weighted by molar-refractivity contribution is -0.139. The number of hydrogen-bond acceptors (Lipinski definition) is 9. The van der Waals surface area contributed by atoms with Gasteiger partial charge in [-0.05, 0) is 20.8 Å². The first-order chi connectivity index (χ1) is 18.8. The van der Waals surface area contributed by atoms with Gasteiger partial charge in [0.05, 0.1) is 12.3 Å². The summed E-state index contributed by atoms with van der Waals surface area (Å²) >= 11 is 0. The monoisotopic (exact) mass is 560 g/mol. The number of carbonyl (C=O) groups excluding carboxylic acids is 9. The van der Waals surface area contributed by atoms with Crippen LogP contribution in [0.1, 0.15) is 46.5 Å². The van der Waals surface area contributed by atoms with E-state index in [1.54, 1.807) is 0 Å². The standard InChI is InChI=1S/C25H32N6O9/c1-14(32)17(12-20(35)28-15(2)26-18(33)8-10-30-22(37)4-5-23(30)38)13-21(36)29-16(3)27-19(34)9-11-31-24(39)6-7-25(31)40/h4-7,15-17H,8-13H2,1-3H3,(H,26,33)(H,27,34)(H,28,35)(H,29,36). The van der Waals surface area contributed by atoms with E-state index in [0.717, 1.165) is 34.1 Å². The fraction of sp³-hybridized carbons (Fsp3) is 0.480. The summed E-state index contributed by atoms with van der Waals surface area (Å²) in [5.74, 6) is -5.67. The third-order valence-electron chi connectivity index (χ3n) is 5.87. The lowest BCUT2D eigenvalue weighted by Crippen LogP contribution is -2.48. The number of amides is 8. The van der Waals surface area contributed by atoms with Gasteiger partial charge in [0.15, 0.2) is 0 Å². The van der Waals surface area contributed by atoms with Gasteiger partial charge in [0.25, 0.3) is 23.6 Å². The van der Waals surface area contributed by atoms with Crippen LogP contribution in [0.3, 0.4) is 0 Å². The van der Waals surface area contributed by atoms with Gasteiger partial charge in [-0.2, -0.15) is 0 Å². The molecule has 216 valence electrons. The van der Waals surface area contributed by atoms with E-state index in [-0.39, 0.29) is 38.8 Å². The number of ketones is 1. The summed E-state index contributed by atoms with van der Waals surface area (Å²) in [4.78, 5) is 109. The predicted octanol–water partition coefficient (Wildman–Crippen LogP) is -2.24. The second-order valence-electron chi connectivity index (χ2n) is 9.25. The van der Waals surface area contributed by atoms with Crippen LogP contribution in [-0.2, 0) is 43.2 Å². The van der Waals surface area contributed by atoms with Gasteiger partial charge in [-0.25, -0.2) is 0 Å². The molecule has 2 aliphatic heterocycles. The lowest BCUT2D eigenvalue weighted by Gasteiger charge is -2.20. The Morgan fingerprint density at radius 2 is 0.900 bits per heavy atom. The number of carbonyl (C=O) groups is 9. The molecular weight excluding hydrogens is 528 g/mol. The van der Waals surface area contributed by atoms with Crippen molar-refractivity contribution in [3.05, 3.63) is 24.3 Å². The van der Waals surface area contributed by atoms with Gasteiger partial charge in [0.2, 0.25) is 23.6 Å². The van der Waals surface area contributed by atoms with Crippen molar-refractivity contribution in [3.8, 4) is 0 Å². The summed E-state index contributed by atoms with van der Waals surface area (Å²) < 4.78 is 0. The molecule has 2 rings (SSSR count). The van der Waals surface area contributed by atoms with E-state index in [9.17, 15) is 43.2 Å². The molecule has 0 radical (unpaired) electrons. The fourth-order valence-corrected chi connectivity index (χ4v) is 3.84. The summed E-state index contributed by atoms with van der Waals surface area (Å²) in [5.41, 5.74) is 0. The minimum atomic E-state index is -0.967. The van der Waals surface area contributed by atoms with Crippen molar-refractivity contribution in [3.63, 3.8) is 0 Å². The maximum Gasteiger partial charge on any atom is 0.253 e. The van der Waals surface area contributed by atoms with Crippen LogP contribution < -0.4 is 21.3 Å². The molecule has 15 nitrogen and oxygen atoms in total. The predicted molar refractivity (Wildman–Crippen MR) is 136 cm³/mol. The Bertz CT molecular complexity index is 1040. The van der Waals surface area contributed by atoms with Gasteiger partial charge in [0, 0.05) is 69.0 Å². The third kappa shape index (κ3) is 9.89. The molecule has 0 aliphatic carbocycles. The molecule has 0 saturated heterocycles. The minimum Gasteiger partial charge on any atom is -0.336 e. The van der Waals surface area contributed by atoms with E-state index in [0.29, 0.717) is 0 Å². The highest BCUT2D eigenvalue weighted by molar-refractivity contribution is 6.13. The Kier molecular flexibility index (Phi) is 11.4. The highest BCUT2D eigenvalue weighted by Gasteiger charge is 2.26. The topological polar surface area (TPSA) is 208 Å². The molecule has 0 saturated carbocycles. The molecule has 0 aromatic carbocycles. The van der Waals surface area contributed by atoms with Crippen molar-refractivity contribution < 1.29 is 43.2 Å². The van der Waals surface area contributed by atoms with Crippen LogP contribution in [-0.4, -0.2) is 88.3 Å². The maximum absolute atomic E-state index is 12.4. The first-order valence-corrected chi connectivity index (χ1v) is 12.5. The second-order valence-corrected chi connectivity index (χ2v) is 9.25. The zero-order valence-electron chi connectivity index (χ0n) is 22.4. The molecule has 15 heteroatoms. The van der Waals surface area contributed by atoms with E-state index in [4.69, 9.17) is 0 Å². The largest absolute Gasteiger partial charge is 0.336 e. The Balaban J connectivity index is 1.71. The molecule has 40 heavy (non-hydrogen) atoms. The first-order valence-electron chi connectivity index (χ1n) is 12.5. The smallest absolute Gasteiger partial charge is 0.253 e. The lowest BCUT2D eigenvalue weighted by atomic mass is 9.96. The van der Waals surface area contributed by atoms with Crippen molar-refractivity contribution in [2.75, 3.05) is 13.1 Å². The molecule has 2 unspecified atom stereocenters. The zero-order chi connectivity index (χ0) is 30.0. The zero-order valence-corrected chi connectivity index (χ0v) is 22.4. The number of nitrogens with one attached hydrogen (secondary N) is 4. The highest BCUT2D eigenvalue weighted by atomic mass is 16.2. The van der Waals surface area contributed by atoms with Gasteiger partial charge in [-0.15, -0.1) is 0 Å². The minimum absolute atomic E-state index is 0.118. The summed E-state index contributed by atoms with van der Waals surface area (Å²) in [6.07, 6.45) is 1.75. The number of rotatable bonds is 15. The number of imide groups is 2. The van der Waals surface area contributed by atoms with Crippen LogP contribution in [0.4, 0.5) is 0 Å². The van der Waals surface area contributed by atoms with Gasteiger partial charge in [-0.1, -0.05) is 0 Å². The van der Waals surface area contributed by atoms with E-state index in [1.807, 2.05) is 0 Å². The molecule has 0 aromatic heterocycles. The average Bonchev–Trinajstić information content (AvgIpc) is 3.34. The summed E-state index contributed by atoms with van der Waals surface area (Å²) in [7, 11) is 0. The molecule has 0 spiro atoms. The van der Waals surface area contributed by atoms with Gasteiger partial charge in [-0.3, -0.25) is 53.0 Å². The normalized spacial score (nSPS) is 16.6. The molecule has 2 atom stereocenters. The Hall–Kier alpha value is -4.69. The Labute approximate surface area is 229 Å². The van der Waals surface area contributed by atoms with Crippen LogP contribution in [0.5, 0.6) is 0 Å². The quantitative estimate of drug-likeness (QED) is 0.126. The Morgan fingerprint density at radius 1 is 0.600 bits per heavy atom. The SMILES string of the molecule is CC(=O)C(CC(=O)NC(C)NC(=O)CCN1C(=O)C=CC1=O)CC(=O)NC(C)NC(=O)CCN1C(=O)C=CC1=O. The van der Waals surface area contributed by atoms with Crippen LogP contribution in [0.25, 0.3) is 0 Å². The Morgan fingerprint density at radius 3 is 1.20 bits per heavy atom. The van der Waals surface area contributed by atoms with Crippen molar-refractivity contribution in [2.45, 2.75) is 58.8 Å². The summed E-state index contributed by atoms with van der Waals surface area (Å²) in [6.45, 7) is 3.96. The average molecular weight is 561 g/mol. The van der Waals surface area contributed by atoms with Gasteiger partial charge >= 0.3 is 0 Å². The second kappa shape index (κ2) is 14.5. The summed E-state index contributed by atoms with van der Waals surface area (Å²) in [6, 6.07) is 0. The van der Waals surface area contributed by atoms with Crippen molar-refractivity contribution >= 4 is 53.0 Å². The number of hydrogen-bond donors (Lipinski definition) is 4. The molecule has 2 heterocycles. The number of Topliss-reactive ketones (excluding diaryl/α,β-unsaturated/α-hetero) is 1. The summed E-state index contributed by atoms with van der Waals surface area (Å²) in [5, 5.41) is 9.99. The molecule has 0 fully saturated rings. The molecule has 8 amide bonds. The van der Waals surface area contributed by atoms with E-state index in [1.165, 1.54) is 20.8 Å². The fourth-order valence-electron chi connectivity index (χ4n) is 3.84. The van der Waals surface area contributed by atoms with E-state index >= 15 is 0 Å². The number of nitrogens with zero attached hydrogens (tertiary/aromatic N) is 2. The first kappa shape index (κ1) is 31.5. The van der Waals surface area contributed by atoms with Crippen molar-refractivity contribution in [1.29, 1.82) is 0 Å². The van der Waals surface area contributed by atoms with Gasteiger partial charge < -0.3 is 21.3 Å². The molecule has 2 aliphatic rings. The van der Waals surface area contributed by atoms with Crippen molar-refractivity contribution in [1.82, 2.24) is 31.1 Å². The highest BCUT2D eigenvalue weighted by Crippen LogP contribution is 2.11. The van der Waals surface area contributed by atoms with Crippen LogP contribution in [0, 0.1) is 5.92 Å². The van der Waals surface area contributed by atoms with Gasteiger partial charge in [0.1, 0.15) is 5.78 Å². The molecular formula is C25H32N6O9. The van der Waals surface area contributed by atoms with E-state index in [2.05, 4.69) is 21.3 Å². The van der Waals surface area contributed by atoms with E-state index < -0.39 is 71.3 Å². The third-order valence-corrected chi connectivity index (χ3v) is 5.87.